The standard InChI is InChI=1S/C15H17BrN2S/c16-15-7-6-14(19-15)12-17-8-10-18(11-9-17)13-4-2-1-3-5-13/h1-7H,8-12H2/p+1. The molecule has 0 bridgehead atoms. The van der Waals surface area contributed by atoms with E-state index in [4.69, 9.17) is 0 Å². The van der Waals surface area contributed by atoms with E-state index in [2.05, 4.69) is 63.3 Å². The minimum absolute atomic E-state index is 1.16. The lowest BCUT2D eigenvalue weighted by molar-refractivity contribution is -0.914. The molecule has 0 unspecified atom stereocenters. The van der Waals surface area contributed by atoms with Crippen molar-refractivity contribution >= 4 is 33.0 Å². The normalized spacial score (nSPS) is 16.8. The van der Waals surface area contributed by atoms with Crippen LogP contribution in [0.15, 0.2) is 46.3 Å². The second kappa shape index (κ2) is 6.07. The summed E-state index contributed by atoms with van der Waals surface area (Å²) in [5, 5.41) is 0. The van der Waals surface area contributed by atoms with Crippen molar-refractivity contribution < 1.29 is 4.90 Å². The molecule has 1 aromatic carbocycles. The van der Waals surface area contributed by atoms with E-state index < -0.39 is 0 Å². The van der Waals surface area contributed by atoms with Crippen LogP contribution in [0.4, 0.5) is 5.69 Å². The summed E-state index contributed by atoms with van der Waals surface area (Å²) in [5.74, 6) is 0. The zero-order chi connectivity index (χ0) is 13.1. The molecule has 4 heteroatoms. The fourth-order valence-electron chi connectivity index (χ4n) is 2.59. The van der Waals surface area contributed by atoms with Gasteiger partial charge >= 0.3 is 0 Å². The summed E-state index contributed by atoms with van der Waals surface area (Å²) >= 11 is 5.40. The van der Waals surface area contributed by atoms with E-state index in [-0.39, 0.29) is 0 Å². The van der Waals surface area contributed by atoms with Gasteiger partial charge in [0.25, 0.3) is 0 Å². The molecule has 1 aliphatic heterocycles. The lowest BCUT2D eigenvalue weighted by Gasteiger charge is -2.33. The number of rotatable bonds is 3. The highest BCUT2D eigenvalue weighted by Gasteiger charge is 2.20. The average Bonchev–Trinajstić information content (AvgIpc) is 2.86. The summed E-state index contributed by atoms with van der Waals surface area (Å²) in [6, 6.07) is 15.1. The maximum atomic E-state index is 3.54. The smallest absolute Gasteiger partial charge is 0.112 e. The van der Waals surface area contributed by atoms with Gasteiger partial charge in [0, 0.05) is 5.69 Å². The van der Waals surface area contributed by atoms with E-state index in [1.807, 2.05) is 11.3 Å². The number of hydrogen-bond acceptors (Lipinski definition) is 2. The van der Waals surface area contributed by atoms with Crippen LogP contribution < -0.4 is 9.80 Å². The van der Waals surface area contributed by atoms with Gasteiger partial charge in [0.05, 0.1) is 34.8 Å². The van der Waals surface area contributed by atoms with Crippen LogP contribution in [-0.2, 0) is 6.54 Å². The summed E-state index contributed by atoms with van der Waals surface area (Å²) < 4.78 is 1.24. The van der Waals surface area contributed by atoms with Crippen LogP contribution in [0.25, 0.3) is 0 Å². The number of nitrogens with zero attached hydrogens (tertiary/aromatic N) is 1. The van der Waals surface area contributed by atoms with Crippen molar-refractivity contribution in [1.82, 2.24) is 0 Å². The molecule has 0 radical (unpaired) electrons. The Morgan fingerprint density at radius 3 is 2.42 bits per heavy atom. The minimum Gasteiger partial charge on any atom is -0.360 e. The third kappa shape index (κ3) is 3.38. The number of halogens is 1. The molecular weight excluding hydrogens is 320 g/mol. The Balaban J connectivity index is 1.55. The van der Waals surface area contributed by atoms with Gasteiger partial charge in [-0.25, -0.2) is 0 Å². The van der Waals surface area contributed by atoms with Crippen LogP contribution in [0.3, 0.4) is 0 Å². The number of hydrogen-bond donors (Lipinski definition) is 1. The molecule has 0 aliphatic carbocycles. The largest absolute Gasteiger partial charge is 0.360 e. The molecule has 3 rings (SSSR count). The molecule has 0 spiro atoms. The molecule has 0 saturated carbocycles. The fourth-order valence-corrected chi connectivity index (χ4v) is 4.14. The average molecular weight is 338 g/mol. The fraction of sp³-hybridized carbons (Fsp3) is 0.333. The maximum Gasteiger partial charge on any atom is 0.112 e. The zero-order valence-electron chi connectivity index (χ0n) is 10.8. The molecule has 1 fully saturated rings. The molecule has 0 atom stereocenters. The Kier molecular flexibility index (Phi) is 4.21. The van der Waals surface area contributed by atoms with E-state index >= 15 is 0 Å². The van der Waals surface area contributed by atoms with Crippen molar-refractivity contribution in [3.8, 4) is 0 Å². The molecule has 19 heavy (non-hydrogen) atoms. The molecular formula is C15H18BrN2S+. The molecule has 1 saturated heterocycles. The van der Waals surface area contributed by atoms with Crippen LogP contribution >= 0.6 is 27.3 Å². The Bertz CT molecular complexity index is 518. The van der Waals surface area contributed by atoms with Gasteiger partial charge in [-0.2, -0.15) is 0 Å². The SMILES string of the molecule is Brc1ccc(C[NH+]2CCN(c3ccccc3)CC2)s1. The van der Waals surface area contributed by atoms with Gasteiger partial charge in [0.15, 0.2) is 0 Å². The first kappa shape index (κ1) is 13.2. The molecule has 100 valence electrons. The van der Waals surface area contributed by atoms with Crippen molar-refractivity contribution in [2.45, 2.75) is 6.54 Å². The third-order valence-corrected chi connectivity index (χ3v) is 5.27. The van der Waals surface area contributed by atoms with Gasteiger partial charge in [0.2, 0.25) is 0 Å². The first-order valence-electron chi connectivity index (χ1n) is 6.69. The van der Waals surface area contributed by atoms with Gasteiger partial charge in [-0.05, 0) is 40.2 Å². The van der Waals surface area contributed by atoms with Gasteiger partial charge in [-0.1, -0.05) is 18.2 Å². The van der Waals surface area contributed by atoms with Crippen LogP contribution in [0.5, 0.6) is 0 Å². The van der Waals surface area contributed by atoms with Crippen molar-refractivity contribution in [3.05, 3.63) is 51.1 Å². The maximum absolute atomic E-state index is 3.54. The van der Waals surface area contributed by atoms with Gasteiger partial charge in [-0.15, -0.1) is 11.3 Å². The first-order chi connectivity index (χ1) is 9.31. The van der Waals surface area contributed by atoms with Crippen molar-refractivity contribution in [3.63, 3.8) is 0 Å². The molecule has 2 aromatic rings. The summed E-state index contributed by atoms with van der Waals surface area (Å²) in [6.07, 6.45) is 0. The highest BCUT2D eigenvalue weighted by molar-refractivity contribution is 9.11. The van der Waals surface area contributed by atoms with Crippen LogP contribution in [0, 0.1) is 0 Å². The van der Waals surface area contributed by atoms with Crippen molar-refractivity contribution in [2.75, 3.05) is 31.1 Å². The monoisotopic (exact) mass is 337 g/mol. The van der Waals surface area contributed by atoms with E-state index in [0.29, 0.717) is 0 Å². The number of anilines is 1. The molecule has 0 amide bonds. The lowest BCUT2D eigenvalue weighted by atomic mass is 10.2. The van der Waals surface area contributed by atoms with Crippen molar-refractivity contribution in [2.24, 2.45) is 0 Å². The van der Waals surface area contributed by atoms with Crippen LogP contribution in [-0.4, -0.2) is 26.2 Å². The highest BCUT2D eigenvalue weighted by Crippen LogP contribution is 2.21. The van der Waals surface area contributed by atoms with E-state index in [1.165, 1.54) is 34.0 Å². The summed E-state index contributed by atoms with van der Waals surface area (Å²) in [5.41, 5.74) is 1.36. The Morgan fingerprint density at radius 2 is 1.79 bits per heavy atom. The summed E-state index contributed by atoms with van der Waals surface area (Å²) in [4.78, 5) is 5.67. The van der Waals surface area contributed by atoms with Gasteiger partial charge in [-0.3, -0.25) is 0 Å². The Labute approximate surface area is 126 Å². The number of piperazine rings is 1. The zero-order valence-corrected chi connectivity index (χ0v) is 13.2. The van der Waals surface area contributed by atoms with Crippen LogP contribution in [0.2, 0.25) is 0 Å². The van der Waals surface area contributed by atoms with E-state index in [1.54, 1.807) is 4.90 Å². The predicted molar refractivity (Wildman–Crippen MR) is 85.1 cm³/mol. The second-order valence-corrected chi connectivity index (χ2v) is 7.50. The molecule has 2 heterocycles. The van der Waals surface area contributed by atoms with Gasteiger partial charge < -0.3 is 9.80 Å². The number of para-hydroxylation sites is 1. The number of nitrogens with one attached hydrogen (secondary N) is 1. The summed E-state index contributed by atoms with van der Waals surface area (Å²) in [7, 11) is 0. The Morgan fingerprint density at radius 1 is 1.05 bits per heavy atom. The van der Waals surface area contributed by atoms with Gasteiger partial charge in [0.1, 0.15) is 6.54 Å². The predicted octanol–water partition coefficient (Wildman–Crippen LogP) is 2.42. The van der Waals surface area contributed by atoms with E-state index in [9.17, 15) is 0 Å². The number of benzene rings is 1. The topological polar surface area (TPSA) is 7.68 Å². The third-order valence-electron chi connectivity index (χ3n) is 3.64. The number of quaternary nitrogens is 1. The Hall–Kier alpha value is -0.840. The van der Waals surface area contributed by atoms with Crippen LogP contribution in [0.1, 0.15) is 4.88 Å². The molecule has 2 nitrogen and oxygen atoms in total. The lowest BCUT2D eigenvalue weighted by Crippen LogP contribution is -3.13. The molecule has 1 N–H and O–H groups in total. The van der Waals surface area contributed by atoms with Crippen molar-refractivity contribution in [1.29, 1.82) is 0 Å². The van der Waals surface area contributed by atoms with E-state index in [0.717, 1.165) is 13.1 Å². The number of thiophene rings is 1. The quantitative estimate of drug-likeness (QED) is 0.903. The second-order valence-electron chi connectivity index (χ2n) is 4.96. The highest BCUT2D eigenvalue weighted by atomic mass is 79.9. The first-order valence-corrected chi connectivity index (χ1v) is 8.30. The minimum atomic E-state index is 1.16. The molecule has 1 aliphatic rings. The summed E-state index contributed by atoms with van der Waals surface area (Å²) in [6.45, 7) is 5.94. The molecule has 1 aromatic heterocycles.